The molecule has 4 nitrogen and oxygen atoms in total. The summed E-state index contributed by atoms with van der Waals surface area (Å²) >= 11 is 8.13. The highest BCUT2D eigenvalue weighted by Gasteiger charge is 2.15. The van der Waals surface area contributed by atoms with E-state index < -0.39 is 0 Å². The molecular weight excluding hydrogens is 294 g/mol. The summed E-state index contributed by atoms with van der Waals surface area (Å²) in [4.78, 5) is 11.0. The first-order valence-corrected chi connectivity index (χ1v) is 5.55. The van der Waals surface area contributed by atoms with Gasteiger partial charge in [-0.15, -0.1) is 0 Å². The number of hydrogen-bond acceptors (Lipinski definition) is 4. The van der Waals surface area contributed by atoms with E-state index in [1.165, 1.54) is 7.11 Å². The maximum absolute atomic E-state index is 11.0. The van der Waals surface area contributed by atoms with Gasteiger partial charge >= 0.3 is 0 Å². The summed E-state index contributed by atoms with van der Waals surface area (Å²) in [6, 6.07) is 3.39. The Morgan fingerprint density at radius 2 is 2.25 bits per heavy atom. The molecule has 0 amide bonds. The van der Waals surface area contributed by atoms with Gasteiger partial charge in [0.2, 0.25) is 0 Å². The molecule has 0 atom stereocenters. The number of nitrogens with one attached hydrogen (secondary N) is 1. The van der Waals surface area contributed by atoms with Gasteiger partial charge in [0.15, 0.2) is 17.8 Å². The van der Waals surface area contributed by atoms with Gasteiger partial charge in [-0.05, 0) is 40.3 Å². The van der Waals surface area contributed by atoms with Crippen molar-refractivity contribution in [3.63, 3.8) is 0 Å². The molecule has 1 N–H and O–H groups in total. The SMILES string of the molecule is CNC(=S)Oc1c(OC)ccc(Br)c1C=O. The van der Waals surface area contributed by atoms with E-state index in [9.17, 15) is 4.79 Å². The van der Waals surface area contributed by atoms with Crippen LogP contribution in [0.15, 0.2) is 16.6 Å². The van der Waals surface area contributed by atoms with Crippen LogP contribution >= 0.6 is 28.1 Å². The normalized spacial score (nSPS) is 9.44. The van der Waals surface area contributed by atoms with E-state index in [-0.39, 0.29) is 5.17 Å². The lowest BCUT2D eigenvalue weighted by atomic mass is 10.2. The van der Waals surface area contributed by atoms with Gasteiger partial charge in [0, 0.05) is 11.5 Å². The second-order valence-electron chi connectivity index (χ2n) is 2.75. The summed E-state index contributed by atoms with van der Waals surface area (Å²) in [5.74, 6) is 0.745. The van der Waals surface area contributed by atoms with Crippen LogP contribution < -0.4 is 14.8 Å². The fraction of sp³-hybridized carbons (Fsp3) is 0.200. The summed E-state index contributed by atoms with van der Waals surface area (Å²) < 4.78 is 11.0. The van der Waals surface area contributed by atoms with Crippen LogP contribution in [0.2, 0.25) is 0 Å². The zero-order valence-corrected chi connectivity index (χ0v) is 11.1. The van der Waals surface area contributed by atoms with E-state index in [2.05, 4.69) is 21.2 Å². The average Bonchev–Trinajstić information content (AvgIpc) is 2.29. The minimum absolute atomic E-state index is 0.166. The van der Waals surface area contributed by atoms with E-state index >= 15 is 0 Å². The number of hydrogen-bond donors (Lipinski definition) is 1. The Morgan fingerprint density at radius 1 is 1.56 bits per heavy atom. The number of ether oxygens (including phenoxy) is 2. The van der Waals surface area contributed by atoms with Crippen molar-refractivity contribution in [2.24, 2.45) is 0 Å². The number of carbonyl (C=O) groups excluding carboxylic acids is 1. The largest absolute Gasteiger partial charge is 0.493 e. The zero-order chi connectivity index (χ0) is 12.1. The molecule has 0 radical (unpaired) electrons. The van der Waals surface area contributed by atoms with E-state index in [1.54, 1.807) is 19.2 Å². The van der Waals surface area contributed by atoms with Crippen LogP contribution in [0.25, 0.3) is 0 Å². The molecular formula is C10H10BrNO3S. The molecule has 1 aromatic carbocycles. The molecule has 86 valence electrons. The molecule has 16 heavy (non-hydrogen) atoms. The lowest BCUT2D eigenvalue weighted by molar-refractivity contribution is 0.112. The van der Waals surface area contributed by atoms with E-state index in [0.29, 0.717) is 27.8 Å². The van der Waals surface area contributed by atoms with E-state index in [1.807, 2.05) is 0 Å². The first-order chi connectivity index (χ1) is 7.63. The fourth-order valence-electron chi connectivity index (χ4n) is 1.08. The molecule has 0 aromatic heterocycles. The molecule has 0 fully saturated rings. The Kier molecular flexibility index (Phi) is 4.70. The number of halogens is 1. The maximum Gasteiger partial charge on any atom is 0.262 e. The van der Waals surface area contributed by atoms with E-state index in [4.69, 9.17) is 21.7 Å². The Balaban J connectivity index is 3.24. The van der Waals surface area contributed by atoms with E-state index in [0.717, 1.165) is 0 Å². The molecule has 0 aliphatic heterocycles. The van der Waals surface area contributed by atoms with Crippen molar-refractivity contribution in [2.75, 3.05) is 14.2 Å². The highest BCUT2D eigenvalue weighted by Crippen LogP contribution is 2.35. The number of aldehydes is 1. The van der Waals surface area contributed by atoms with Crippen LogP contribution in [0.3, 0.4) is 0 Å². The number of thiocarbonyl (C=S) groups is 1. The second kappa shape index (κ2) is 5.81. The van der Waals surface area contributed by atoms with Crippen molar-refractivity contribution in [3.8, 4) is 11.5 Å². The molecule has 0 spiro atoms. The highest BCUT2D eigenvalue weighted by atomic mass is 79.9. The molecule has 6 heteroatoms. The van der Waals surface area contributed by atoms with Crippen LogP contribution in [-0.4, -0.2) is 25.6 Å². The van der Waals surface area contributed by atoms with Gasteiger partial charge in [0.1, 0.15) is 0 Å². The molecule has 0 saturated carbocycles. The lowest BCUT2D eigenvalue weighted by Crippen LogP contribution is -2.22. The van der Waals surface area contributed by atoms with Crippen molar-refractivity contribution >= 4 is 39.6 Å². The van der Waals surface area contributed by atoms with Crippen molar-refractivity contribution in [2.45, 2.75) is 0 Å². The summed E-state index contributed by atoms with van der Waals surface area (Å²) in [5, 5.41) is 2.82. The Bertz CT molecular complexity index is 423. The number of carbonyl (C=O) groups is 1. The summed E-state index contributed by atoms with van der Waals surface area (Å²) in [6.07, 6.45) is 0.681. The summed E-state index contributed by atoms with van der Waals surface area (Å²) in [7, 11) is 3.13. The molecule has 0 aliphatic carbocycles. The van der Waals surface area contributed by atoms with Gasteiger partial charge in [-0.3, -0.25) is 4.79 Å². The number of rotatable bonds is 3. The van der Waals surface area contributed by atoms with Gasteiger partial charge in [0.25, 0.3) is 5.17 Å². The molecule has 0 aliphatic rings. The fourth-order valence-corrected chi connectivity index (χ4v) is 1.56. The molecule has 0 unspecified atom stereocenters. The van der Waals surface area contributed by atoms with Gasteiger partial charge in [0.05, 0.1) is 12.7 Å². The summed E-state index contributed by atoms with van der Waals surface area (Å²) in [5.41, 5.74) is 0.358. The zero-order valence-electron chi connectivity index (χ0n) is 8.74. The lowest BCUT2D eigenvalue weighted by Gasteiger charge is -2.13. The molecule has 0 bridgehead atoms. The maximum atomic E-state index is 11.0. The van der Waals surface area contributed by atoms with Crippen LogP contribution in [0.4, 0.5) is 0 Å². The Hall–Kier alpha value is -1.14. The first kappa shape index (κ1) is 12.9. The third-order valence-corrected chi connectivity index (χ3v) is 2.82. The predicted molar refractivity (Wildman–Crippen MR) is 68.4 cm³/mol. The Morgan fingerprint density at radius 3 is 2.75 bits per heavy atom. The minimum atomic E-state index is 0.166. The molecule has 0 saturated heterocycles. The minimum Gasteiger partial charge on any atom is -0.493 e. The standard InChI is InChI=1S/C10H10BrNO3S/c1-12-10(16)15-9-6(5-13)7(11)3-4-8(9)14-2/h3-5H,1-2H3,(H,12,16). The topological polar surface area (TPSA) is 47.6 Å². The quantitative estimate of drug-likeness (QED) is 0.685. The summed E-state index contributed by atoms with van der Waals surface area (Å²) in [6.45, 7) is 0. The Labute approximate surface area is 107 Å². The highest BCUT2D eigenvalue weighted by molar-refractivity contribution is 9.10. The van der Waals surface area contributed by atoms with Crippen LogP contribution in [0.5, 0.6) is 11.5 Å². The molecule has 1 rings (SSSR count). The van der Waals surface area contributed by atoms with Gasteiger partial charge in [-0.2, -0.15) is 0 Å². The number of methoxy groups -OCH3 is 1. The third kappa shape index (κ3) is 2.70. The molecule has 1 aromatic rings. The third-order valence-electron chi connectivity index (χ3n) is 1.84. The molecule has 0 heterocycles. The smallest absolute Gasteiger partial charge is 0.262 e. The average molecular weight is 304 g/mol. The van der Waals surface area contributed by atoms with Gasteiger partial charge < -0.3 is 14.8 Å². The second-order valence-corrected chi connectivity index (χ2v) is 3.97. The van der Waals surface area contributed by atoms with Crippen molar-refractivity contribution in [1.29, 1.82) is 0 Å². The van der Waals surface area contributed by atoms with Crippen molar-refractivity contribution in [1.82, 2.24) is 5.32 Å². The first-order valence-electron chi connectivity index (χ1n) is 4.35. The van der Waals surface area contributed by atoms with Crippen molar-refractivity contribution < 1.29 is 14.3 Å². The number of benzene rings is 1. The van der Waals surface area contributed by atoms with Crippen molar-refractivity contribution in [3.05, 3.63) is 22.2 Å². The van der Waals surface area contributed by atoms with Gasteiger partial charge in [-0.1, -0.05) is 0 Å². The van der Waals surface area contributed by atoms with Crippen LogP contribution in [-0.2, 0) is 0 Å². The van der Waals surface area contributed by atoms with Crippen LogP contribution in [0, 0.1) is 0 Å². The van der Waals surface area contributed by atoms with Crippen LogP contribution in [0.1, 0.15) is 10.4 Å². The predicted octanol–water partition coefficient (Wildman–Crippen LogP) is 2.15. The monoisotopic (exact) mass is 303 g/mol. The van der Waals surface area contributed by atoms with Gasteiger partial charge in [-0.25, -0.2) is 0 Å².